The Kier molecular flexibility index (Phi) is 8.08. The Bertz CT molecular complexity index is 632. The zero-order valence-corrected chi connectivity index (χ0v) is 18.0. The van der Waals surface area contributed by atoms with E-state index < -0.39 is 17.2 Å². The number of aliphatic imine (C=N–C) groups is 1. The first-order chi connectivity index (χ1) is 12.5. The van der Waals surface area contributed by atoms with Gasteiger partial charge < -0.3 is 20.6 Å². The number of rotatable bonds is 5. The molecule has 2 aliphatic rings. The number of nitrogens with zero attached hydrogens (tertiary/aromatic N) is 2. The normalized spacial score (nSPS) is 21.9. The molecule has 8 heteroatoms. The average Bonchev–Trinajstić information content (AvgIpc) is 3.23. The number of guanidine groups is 1. The van der Waals surface area contributed by atoms with Crippen LogP contribution in [-0.2, 0) is 0 Å². The maximum absolute atomic E-state index is 14.0. The fourth-order valence-electron chi connectivity index (χ4n) is 3.80. The smallest absolute Gasteiger partial charge is 0.191 e. The van der Waals surface area contributed by atoms with Gasteiger partial charge in [-0.3, -0.25) is 4.99 Å². The molecule has 0 radical (unpaired) electrons. The molecule has 1 aliphatic heterocycles. The monoisotopic (exact) mass is 494 g/mol. The van der Waals surface area contributed by atoms with Crippen LogP contribution in [0, 0.1) is 11.6 Å². The third kappa shape index (κ3) is 5.66. The molecule has 1 aliphatic carbocycles. The van der Waals surface area contributed by atoms with Crippen LogP contribution in [0.15, 0.2) is 23.2 Å². The zero-order chi connectivity index (χ0) is 18.6. The summed E-state index contributed by atoms with van der Waals surface area (Å²) < 4.78 is 28.0. The van der Waals surface area contributed by atoms with Crippen molar-refractivity contribution in [2.45, 2.75) is 50.7 Å². The Labute approximate surface area is 176 Å². The largest absolute Gasteiger partial charge is 0.388 e. The summed E-state index contributed by atoms with van der Waals surface area (Å²) in [5, 5.41) is 17.0. The van der Waals surface area contributed by atoms with Gasteiger partial charge in [-0.25, -0.2) is 8.78 Å². The highest BCUT2D eigenvalue weighted by molar-refractivity contribution is 14.0. The maximum Gasteiger partial charge on any atom is 0.191 e. The van der Waals surface area contributed by atoms with Crippen molar-refractivity contribution in [3.63, 3.8) is 0 Å². The van der Waals surface area contributed by atoms with Crippen molar-refractivity contribution in [2.75, 3.05) is 31.1 Å². The summed E-state index contributed by atoms with van der Waals surface area (Å²) in [4.78, 5) is 6.27. The highest BCUT2D eigenvalue weighted by Gasteiger charge is 2.31. The number of anilines is 1. The summed E-state index contributed by atoms with van der Waals surface area (Å²) in [5.41, 5.74) is -0.653. The minimum Gasteiger partial charge on any atom is -0.388 e. The SMILES string of the molecule is CCNC(=NCC1(O)CCCC1)NC1CCN(c2c(F)cccc2F)C1.I. The lowest BCUT2D eigenvalue weighted by molar-refractivity contribution is 0.0574. The zero-order valence-electron chi connectivity index (χ0n) is 15.7. The van der Waals surface area contributed by atoms with E-state index in [0.29, 0.717) is 32.1 Å². The lowest BCUT2D eigenvalue weighted by Gasteiger charge is -2.23. The highest BCUT2D eigenvalue weighted by Crippen LogP contribution is 2.29. The molecule has 152 valence electrons. The topological polar surface area (TPSA) is 59.9 Å². The second kappa shape index (κ2) is 9.86. The van der Waals surface area contributed by atoms with E-state index in [1.807, 2.05) is 6.92 Å². The van der Waals surface area contributed by atoms with Crippen molar-refractivity contribution in [3.8, 4) is 0 Å². The Balaban J connectivity index is 0.00000261. The van der Waals surface area contributed by atoms with E-state index in [1.165, 1.54) is 18.2 Å². The molecule has 2 fully saturated rings. The first-order valence-electron chi connectivity index (χ1n) is 9.47. The van der Waals surface area contributed by atoms with Gasteiger partial charge in [0.1, 0.15) is 17.3 Å². The van der Waals surface area contributed by atoms with Crippen LogP contribution in [0.3, 0.4) is 0 Å². The van der Waals surface area contributed by atoms with E-state index in [2.05, 4.69) is 15.6 Å². The molecule has 1 heterocycles. The van der Waals surface area contributed by atoms with Crippen LogP contribution in [0.2, 0.25) is 0 Å². The third-order valence-electron chi connectivity index (χ3n) is 5.19. The Morgan fingerprint density at radius 2 is 1.96 bits per heavy atom. The average molecular weight is 494 g/mol. The molecule has 1 aromatic carbocycles. The van der Waals surface area contributed by atoms with Crippen LogP contribution >= 0.6 is 24.0 Å². The molecule has 1 saturated carbocycles. The molecule has 0 amide bonds. The molecule has 1 saturated heterocycles. The van der Waals surface area contributed by atoms with Crippen LogP contribution in [0.5, 0.6) is 0 Å². The predicted octanol–water partition coefficient (Wildman–Crippen LogP) is 3.02. The van der Waals surface area contributed by atoms with Crippen LogP contribution in [-0.4, -0.2) is 48.9 Å². The summed E-state index contributed by atoms with van der Waals surface area (Å²) in [6, 6.07) is 3.99. The summed E-state index contributed by atoms with van der Waals surface area (Å²) in [6.45, 7) is 4.16. The second-order valence-corrected chi connectivity index (χ2v) is 7.27. The Hall–Kier alpha value is -1.16. The number of para-hydroxylation sites is 1. The predicted molar refractivity (Wildman–Crippen MR) is 115 cm³/mol. The molecular weight excluding hydrogens is 465 g/mol. The molecule has 5 nitrogen and oxygen atoms in total. The highest BCUT2D eigenvalue weighted by atomic mass is 127. The molecule has 3 rings (SSSR count). The van der Waals surface area contributed by atoms with E-state index >= 15 is 0 Å². The van der Waals surface area contributed by atoms with Gasteiger partial charge in [0.05, 0.1) is 12.1 Å². The molecule has 1 atom stereocenters. The van der Waals surface area contributed by atoms with Gasteiger partial charge in [0.25, 0.3) is 0 Å². The van der Waals surface area contributed by atoms with E-state index in [4.69, 9.17) is 0 Å². The first-order valence-corrected chi connectivity index (χ1v) is 9.47. The molecule has 1 aromatic rings. The van der Waals surface area contributed by atoms with Gasteiger partial charge in [-0.05, 0) is 38.3 Å². The van der Waals surface area contributed by atoms with Crippen LogP contribution in [0.25, 0.3) is 0 Å². The molecule has 1 unspecified atom stereocenters. The van der Waals surface area contributed by atoms with Crippen molar-refractivity contribution in [2.24, 2.45) is 4.99 Å². The van der Waals surface area contributed by atoms with Crippen LogP contribution in [0.1, 0.15) is 39.0 Å². The molecule has 0 aromatic heterocycles. The number of hydrogen-bond acceptors (Lipinski definition) is 3. The van der Waals surface area contributed by atoms with Gasteiger partial charge in [0.2, 0.25) is 0 Å². The number of nitrogens with one attached hydrogen (secondary N) is 2. The van der Waals surface area contributed by atoms with Gasteiger partial charge in [0, 0.05) is 25.7 Å². The van der Waals surface area contributed by atoms with E-state index in [0.717, 1.165) is 32.1 Å². The Morgan fingerprint density at radius 3 is 2.59 bits per heavy atom. The summed E-state index contributed by atoms with van der Waals surface area (Å²) in [5.74, 6) is -0.418. The summed E-state index contributed by atoms with van der Waals surface area (Å²) >= 11 is 0. The fraction of sp³-hybridized carbons (Fsp3) is 0.632. The number of halogens is 3. The van der Waals surface area contributed by atoms with Gasteiger partial charge in [0.15, 0.2) is 5.96 Å². The number of benzene rings is 1. The van der Waals surface area contributed by atoms with Crippen LogP contribution in [0.4, 0.5) is 14.5 Å². The summed E-state index contributed by atoms with van der Waals surface area (Å²) in [7, 11) is 0. The van der Waals surface area contributed by atoms with Gasteiger partial charge in [-0.2, -0.15) is 0 Å². The molecule has 3 N–H and O–H groups in total. The van der Waals surface area contributed by atoms with Gasteiger partial charge >= 0.3 is 0 Å². The first kappa shape index (κ1) is 22.1. The molecular formula is C19H29F2IN4O. The summed E-state index contributed by atoms with van der Waals surface area (Å²) in [6.07, 6.45) is 4.44. The third-order valence-corrected chi connectivity index (χ3v) is 5.19. The Morgan fingerprint density at radius 1 is 1.30 bits per heavy atom. The molecule has 0 spiro atoms. The molecule has 0 bridgehead atoms. The number of aliphatic hydroxyl groups is 1. The van der Waals surface area contributed by atoms with Gasteiger partial charge in [-0.1, -0.05) is 18.9 Å². The second-order valence-electron chi connectivity index (χ2n) is 7.27. The minimum absolute atomic E-state index is 0. The van der Waals surface area contributed by atoms with Crippen molar-refractivity contribution < 1.29 is 13.9 Å². The number of hydrogen-bond donors (Lipinski definition) is 3. The lowest BCUT2D eigenvalue weighted by atomic mass is 10.0. The molecule has 27 heavy (non-hydrogen) atoms. The van der Waals surface area contributed by atoms with Crippen LogP contribution < -0.4 is 15.5 Å². The van der Waals surface area contributed by atoms with E-state index in [1.54, 1.807) is 4.90 Å². The standard InChI is InChI=1S/C19H28F2N4O.HI/c1-2-22-18(23-13-19(26)9-3-4-10-19)24-14-8-11-25(12-14)17-15(20)6-5-7-16(17)21;/h5-7,14,26H,2-4,8-13H2,1H3,(H2,22,23,24);1H. The van der Waals surface area contributed by atoms with E-state index in [9.17, 15) is 13.9 Å². The quantitative estimate of drug-likeness (QED) is 0.335. The van der Waals surface area contributed by atoms with Crippen molar-refractivity contribution in [3.05, 3.63) is 29.8 Å². The van der Waals surface area contributed by atoms with E-state index in [-0.39, 0.29) is 35.7 Å². The maximum atomic E-state index is 14.0. The van der Waals surface area contributed by atoms with Gasteiger partial charge in [-0.15, -0.1) is 24.0 Å². The van der Waals surface area contributed by atoms with Crippen molar-refractivity contribution >= 4 is 35.6 Å². The minimum atomic E-state index is -0.694. The van der Waals surface area contributed by atoms with Crippen molar-refractivity contribution in [1.82, 2.24) is 10.6 Å². The van der Waals surface area contributed by atoms with Crippen molar-refractivity contribution in [1.29, 1.82) is 0 Å². The fourth-order valence-corrected chi connectivity index (χ4v) is 3.80. The lowest BCUT2D eigenvalue weighted by Crippen LogP contribution is -2.45.